The van der Waals surface area contributed by atoms with Crippen molar-refractivity contribution in [1.29, 1.82) is 0 Å². The van der Waals surface area contributed by atoms with Crippen molar-refractivity contribution in [2.24, 2.45) is 19.8 Å². The molecule has 5 N–H and O–H groups in total. The Balaban J connectivity index is 2.06. The molecule has 13 nitrogen and oxygen atoms in total. The Morgan fingerprint density at radius 1 is 1.28 bits per heavy atom. The number of rotatable bonds is 5. The fraction of sp³-hybridized carbons (Fsp3) is 0.632. The Morgan fingerprint density at radius 3 is 2.56 bits per heavy atom. The molecule has 1 aliphatic heterocycles. The van der Waals surface area contributed by atoms with E-state index in [4.69, 9.17) is 10.8 Å². The first-order valence-electron chi connectivity index (χ1n) is 10.1. The number of carbonyl (C=O) groups is 2. The maximum atomic E-state index is 12.9. The van der Waals surface area contributed by atoms with Crippen LogP contribution in [0.5, 0.6) is 0 Å². The van der Waals surface area contributed by atoms with Crippen molar-refractivity contribution in [2.45, 2.75) is 50.0 Å². The van der Waals surface area contributed by atoms with Gasteiger partial charge >= 0.3 is 11.7 Å². The molecule has 3 heterocycles. The predicted octanol–water partition coefficient (Wildman–Crippen LogP) is -2.49. The molecule has 13 heteroatoms. The molecular weight excluding hydrogens is 424 g/mol. The molecule has 0 spiro atoms. The first kappa shape index (κ1) is 23.6. The molecule has 0 bridgehead atoms. The number of amides is 1. The molecule has 3 rings (SSSR count). The molecule has 0 unspecified atom stereocenters. The number of hydrogen-bond donors (Lipinski definition) is 4. The van der Waals surface area contributed by atoms with E-state index in [2.05, 4.69) is 4.98 Å². The summed E-state index contributed by atoms with van der Waals surface area (Å²) in [7, 11) is 2.79. The number of carboxylic acids is 1. The van der Waals surface area contributed by atoms with E-state index in [0.717, 1.165) is 4.57 Å². The van der Waals surface area contributed by atoms with E-state index < -0.39 is 46.9 Å². The van der Waals surface area contributed by atoms with E-state index in [-0.39, 0.29) is 43.5 Å². The highest BCUT2D eigenvalue weighted by Crippen LogP contribution is 2.33. The molecule has 176 valence electrons. The van der Waals surface area contributed by atoms with Crippen LogP contribution in [0.15, 0.2) is 15.9 Å². The number of aliphatic carboxylic acids is 1. The van der Waals surface area contributed by atoms with Gasteiger partial charge in [0, 0.05) is 40.0 Å². The zero-order valence-corrected chi connectivity index (χ0v) is 18.1. The van der Waals surface area contributed by atoms with Crippen LogP contribution in [0.2, 0.25) is 0 Å². The average Bonchev–Trinajstić information content (AvgIpc) is 3.10. The lowest BCUT2D eigenvalue weighted by Gasteiger charge is -2.34. The number of aliphatic hydroxyl groups excluding tert-OH is 1. The van der Waals surface area contributed by atoms with E-state index in [0.29, 0.717) is 0 Å². The van der Waals surface area contributed by atoms with E-state index in [9.17, 15) is 29.4 Å². The topological polar surface area (TPSA) is 186 Å². The molecule has 0 saturated carbocycles. The second-order valence-corrected chi connectivity index (χ2v) is 8.54. The molecule has 2 aromatic heterocycles. The highest BCUT2D eigenvalue weighted by atomic mass is 16.4. The van der Waals surface area contributed by atoms with Crippen LogP contribution in [0.1, 0.15) is 32.2 Å². The zero-order chi connectivity index (χ0) is 24.0. The summed E-state index contributed by atoms with van der Waals surface area (Å²) in [6.45, 7) is 1.26. The maximum Gasteiger partial charge on any atom is 0.332 e. The molecule has 1 saturated heterocycles. The number of carbonyl (C=O) groups excluding carboxylic acids is 1. The molecule has 0 aromatic carbocycles. The molecule has 1 fully saturated rings. The second kappa shape index (κ2) is 8.48. The van der Waals surface area contributed by atoms with E-state index in [1.807, 2.05) is 0 Å². The number of hydrogen-bond acceptors (Lipinski definition) is 8. The average molecular weight is 452 g/mol. The zero-order valence-electron chi connectivity index (χ0n) is 18.1. The van der Waals surface area contributed by atoms with Gasteiger partial charge in [-0.25, -0.2) is 9.78 Å². The van der Waals surface area contributed by atoms with Crippen molar-refractivity contribution in [2.75, 3.05) is 13.1 Å². The minimum Gasteiger partial charge on any atom is -0.481 e. The van der Waals surface area contributed by atoms with Gasteiger partial charge in [-0.3, -0.25) is 23.5 Å². The lowest BCUT2D eigenvalue weighted by molar-refractivity contribution is -0.138. The van der Waals surface area contributed by atoms with Crippen LogP contribution in [0.3, 0.4) is 0 Å². The fourth-order valence-corrected chi connectivity index (χ4v) is 4.22. The Bertz CT molecular complexity index is 1160. The molecular formula is C19H28N6O7. The van der Waals surface area contributed by atoms with Gasteiger partial charge in [0.25, 0.3) is 5.56 Å². The van der Waals surface area contributed by atoms with Crippen LogP contribution in [0, 0.1) is 0 Å². The number of imidazole rings is 1. The number of aliphatic hydroxyl groups is 2. The molecule has 4 atom stereocenters. The van der Waals surface area contributed by atoms with Crippen LogP contribution in [0.25, 0.3) is 11.2 Å². The number of β-amino-alcohol motifs (C(OH)–C–C–N with tert-alkyl or cyclic N) is 1. The number of aromatic nitrogens is 4. The van der Waals surface area contributed by atoms with Crippen LogP contribution in [-0.4, -0.2) is 81.6 Å². The first-order valence-corrected chi connectivity index (χ1v) is 10.1. The summed E-state index contributed by atoms with van der Waals surface area (Å²) in [4.78, 5) is 54.2. The third-order valence-electron chi connectivity index (χ3n) is 6.00. The Kier molecular flexibility index (Phi) is 6.26. The second-order valence-electron chi connectivity index (χ2n) is 8.54. The van der Waals surface area contributed by atoms with Crippen molar-refractivity contribution >= 4 is 23.0 Å². The molecule has 32 heavy (non-hydrogen) atoms. The summed E-state index contributed by atoms with van der Waals surface area (Å²) in [6, 6.07) is -2.00. The van der Waals surface area contributed by atoms with Gasteiger partial charge in [0.15, 0.2) is 11.2 Å². The van der Waals surface area contributed by atoms with Crippen LogP contribution in [-0.2, 0) is 23.7 Å². The van der Waals surface area contributed by atoms with Crippen molar-refractivity contribution in [3.63, 3.8) is 0 Å². The number of nitrogens with two attached hydrogens (primary N) is 1. The van der Waals surface area contributed by atoms with Crippen molar-refractivity contribution in [1.82, 2.24) is 23.6 Å². The fourth-order valence-electron chi connectivity index (χ4n) is 4.22. The minimum absolute atomic E-state index is 0.0684. The molecule has 0 radical (unpaired) electrons. The summed E-state index contributed by atoms with van der Waals surface area (Å²) in [5.41, 5.74) is 3.35. The van der Waals surface area contributed by atoms with Gasteiger partial charge in [0.05, 0.1) is 30.1 Å². The Hall–Kier alpha value is -3.03. The standard InChI is InChI=1S/C19H28N6O7/c1-19(32)6-10(26)7-24(16(29)11(20)4-5-13(27)28)8-12(19)25-9-21-15-14(25)17(30)23(3)18(31)22(15)2/h9-12,26,32H,4-8,20H2,1-3H3,(H,27,28)/t10-,11+,12+,19+/m1/s1. The maximum absolute atomic E-state index is 12.9. The van der Waals surface area contributed by atoms with Crippen LogP contribution in [0.4, 0.5) is 0 Å². The normalized spacial score (nSPS) is 25.0. The summed E-state index contributed by atoms with van der Waals surface area (Å²) in [5, 5.41) is 30.5. The Labute approximate surface area is 182 Å². The highest BCUT2D eigenvalue weighted by Gasteiger charge is 2.43. The van der Waals surface area contributed by atoms with Crippen molar-refractivity contribution in [3.8, 4) is 0 Å². The summed E-state index contributed by atoms with van der Waals surface area (Å²) in [5.74, 6) is -1.66. The highest BCUT2D eigenvalue weighted by molar-refractivity contribution is 5.82. The first-order chi connectivity index (χ1) is 14.8. The predicted molar refractivity (Wildman–Crippen MR) is 112 cm³/mol. The van der Waals surface area contributed by atoms with Crippen LogP contribution < -0.4 is 17.0 Å². The van der Waals surface area contributed by atoms with Crippen LogP contribution >= 0.6 is 0 Å². The van der Waals surface area contributed by atoms with Gasteiger partial charge in [-0.2, -0.15) is 0 Å². The molecule has 1 amide bonds. The van der Waals surface area contributed by atoms with Gasteiger partial charge in [0.1, 0.15) is 0 Å². The summed E-state index contributed by atoms with van der Waals surface area (Å²) < 4.78 is 3.54. The minimum atomic E-state index is -1.55. The SMILES string of the molecule is Cn1c(=O)c2c(ncn2[C@H]2CN(C(=O)[C@@H](N)CCC(=O)O)C[C@H](O)C[C@]2(C)O)n(C)c1=O. The van der Waals surface area contributed by atoms with Crippen molar-refractivity contribution in [3.05, 3.63) is 27.2 Å². The number of carboxylic acid groups (broad SMARTS) is 1. The van der Waals surface area contributed by atoms with Gasteiger partial charge in [0.2, 0.25) is 5.91 Å². The number of nitrogens with zero attached hydrogens (tertiary/aromatic N) is 5. The summed E-state index contributed by atoms with van der Waals surface area (Å²) in [6.07, 6.45) is -0.237. The number of likely N-dealkylation sites (tertiary alicyclic amines) is 1. The number of fused-ring (bicyclic) bond motifs is 1. The lowest BCUT2D eigenvalue weighted by Crippen LogP contribution is -2.48. The van der Waals surface area contributed by atoms with Gasteiger partial charge < -0.3 is 30.5 Å². The van der Waals surface area contributed by atoms with E-state index >= 15 is 0 Å². The Morgan fingerprint density at radius 2 is 1.94 bits per heavy atom. The largest absolute Gasteiger partial charge is 0.481 e. The van der Waals surface area contributed by atoms with Gasteiger partial charge in [-0.05, 0) is 13.3 Å². The number of aryl methyl sites for hydroxylation is 1. The molecule has 2 aromatic rings. The third-order valence-corrected chi connectivity index (χ3v) is 6.00. The van der Waals surface area contributed by atoms with E-state index in [1.165, 1.54) is 41.4 Å². The third kappa shape index (κ3) is 4.18. The molecule has 0 aliphatic carbocycles. The smallest absolute Gasteiger partial charge is 0.332 e. The van der Waals surface area contributed by atoms with Gasteiger partial charge in [-0.1, -0.05) is 0 Å². The summed E-state index contributed by atoms with van der Waals surface area (Å²) >= 11 is 0. The molecule has 1 aliphatic rings. The monoisotopic (exact) mass is 452 g/mol. The van der Waals surface area contributed by atoms with E-state index in [1.54, 1.807) is 0 Å². The quantitative estimate of drug-likeness (QED) is 0.381. The lowest BCUT2D eigenvalue weighted by atomic mass is 9.91. The van der Waals surface area contributed by atoms with Crippen molar-refractivity contribution < 1.29 is 24.9 Å². The van der Waals surface area contributed by atoms with Gasteiger partial charge in [-0.15, -0.1) is 0 Å².